The predicted octanol–water partition coefficient (Wildman–Crippen LogP) is 2.42. The predicted molar refractivity (Wildman–Crippen MR) is 72.3 cm³/mol. The molecule has 0 amide bonds. The highest BCUT2D eigenvalue weighted by atomic mass is 16.5. The lowest BCUT2D eigenvalue weighted by atomic mass is 9.85. The smallest absolute Gasteiger partial charge is 0.323 e. The molecule has 0 radical (unpaired) electrons. The summed E-state index contributed by atoms with van der Waals surface area (Å²) in [5, 5.41) is 0. The molecule has 1 atom stereocenters. The largest absolute Gasteiger partial charge is 0.468 e. The lowest BCUT2D eigenvalue weighted by molar-refractivity contribution is -0.168. The molecule has 104 valence electrons. The fraction of sp³-hybridized carbons (Fsp3) is 0.467. The van der Waals surface area contributed by atoms with Crippen molar-refractivity contribution >= 4 is 11.9 Å². The van der Waals surface area contributed by atoms with Crippen LogP contribution in [-0.4, -0.2) is 26.2 Å². The highest BCUT2D eigenvalue weighted by Crippen LogP contribution is 2.47. The minimum Gasteiger partial charge on any atom is -0.468 e. The number of allylic oxidation sites excluding steroid dienone is 5. The Morgan fingerprint density at radius 2 is 1.89 bits per heavy atom. The number of hydrogen-bond donors (Lipinski definition) is 0. The van der Waals surface area contributed by atoms with Gasteiger partial charge in [0.25, 0.3) is 0 Å². The highest BCUT2D eigenvalue weighted by molar-refractivity contribution is 6.01. The first-order chi connectivity index (χ1) is 9.05. The van der Waals surface area contributed by atoms with Crippen LogP contribution in [-0.2, 0) is 19.1 Å². The van der Waals surface area contributed by atoms with Gasteiger partial charge in [-0.05, 0) is 25.7 Å². The van der Waals surface area contributed by atoms with Crippen LogP contribution >= 0.6 is 0 Å². The van der Waals surface area contributed by atoms with Gasteiger partial charge in [-0.2, -0.15) is 0 Å². The summed E-state index contributed by atoms with van der Waals surface area (Å²) in [6.45, 7) is 5.52. The number of carbonyl (C=O) groups excluding carboxylic acids is 2. The van der Waals surface area contributed by atoms with Crippen LogP contribution in [0, 0.1) is 11.3 Å². The second kappa shape index (κ2) is 6.36. The van der Waals surface area contributed by atoms with Gasteiger partial charge in [-0.15, -0.1) is 0 Å². The molecule has 0 spiro atoms. The van der Waals surface area contributed by atoms with Crippen LogP contribution in [0.3, 0.4) is 0 Å². The van der Waals surface area contributed by atoms with E-state index in [0.29, 0.717) is 12.8 Å². The second-order valence-electron chi connectivity index (χ2n) is 4.54. The maximum atomic E-state index is 12.0. The van der Waals surface area contributed by atoms with Crippen LogP contribution < -0.4 is 0 Å². The molecule has 1 rings (SSSR count). The van der Waals surface area contributed by atoms with E-state index in [1.165, 1.54) is 14.2 Å². The average molecular weight is 264 g/mol. The lowest BCUT2D eigenvalue weighted by Crippen LogP contribution is -2.39. The van der Waals surface area contributed by atoms with Gasteiger partial charge in [0.1, 0.15) is 0 Å². The molecule has 0 aromatic rings. The van der Waals surface area contributed by atoms with Crippen LogP contribution in [0.2, 0.25) is 0 Å². The minimum atomic E-state index is -1.22. The minimum absolute atomic E-state index is 0.0289. The molecule has 4 heteroatoms. The van der Waals surface area contributed by atoms with Crippen molar-refractivity contribution < 1.29 is 19.1 Å². The average Bonchev–Trinajstić information content (AvgIpc) is 2.83. The number of ether oxygens (including phenoxy) is 2. The summed E-state index contributed by atoms with van der Waals surface area (Å²) in [6, 6.07) is 0. The molecule has 0 aliphatic heterocycles. The first-order valence-electron chi connectivity index (χ1n) is 6.16. The van der Waals surface area contributed by atoms with Gasteiger partial charge in [-0.1, -0.05) is 36.5 Å². The summed E-state index contributed by atoms with van der Waals surface area (Å²) in [7, 11) is 2.57. The Kier molecular flexibility index (Phi) is 5.10. The fourth-order valence-electron chi connectivity index (χ4n) is 2.56. The third kappa shape index (κ3) is 2.78. The van der Waals surface area contributed by atoms with E-state index in [2.05, 4.69) is 6.58 Å². The van der Waals surface area contributed by atoms with Crippen LogP contribution in [0.25, 0.3) is 0 Å². The Balaban J connectivity index is 3.16. The molecule has 0 aromatic heterocycles. The Morgan fingerprint density at radius 3 is 2.32 bits per heavy atom. The van der Waals surface area contributed by atoms with E-state index in [1.54, 1.807) is 6.08 Å². The Morgan fingerprint density at radius 1 is 1.32 bits per heavy atom. The van der Waals surface area contributed by atoms with E-state index in [0.717, 1.165) is 5.57 Å². The Labute approximate surface area is 113 Å². The van der Waals surface area contributed by atoms with Crippen molar-refractivity contribution in [1.82, 2.24) is 0 Å². The molecule has 0 N–H and O–H groups in total. The molecular weight excluding hydrogens is 244 g/mol. The van der Waals surface area contributed by atoms with Crippen molar-refractivity contribution in [2.75, 3.05) is 14.2 Å². The molecule has 0 bridgehead atoms. The van der Waals surface area contributed by atoms with Gasteiger partial charge in [-0.3, -0.25) is 9.59 Å². The molecule has 1 aliphatic carbocycles. The SMILES string of the molecule is C=C/C=C/C1CC(C(=O)OC)(C(=O)OC)C/C1=C\C. The molecule has 1 unspecified atom stereocenters. The summed E-state index contributed by atoms with van der Waals surface area (Å²) in [6.07, 6.45) is 8.08. The van der Waals surface area contributed by atoms with E-state index < -0.39 is 17.4 Å². The van der Waals surface area contributed by atoms with Crippen molar-refractivity contribution in [2.45, 2.75) is 19.8 Å². The zero-order valence-electron chi connectivity index (χ0n) is 11.6. The van der Waals surface area contributed by atoms with Crippen LogP contribution in [0.1, 0.15) is 19.8 Å². The van der Waals surface area contributed by atoms with Gasteiger partial charge >= 0.3 is 11.9 Å². The second-order valence-corrected chi connectivity index (χ2v) is 4.54. The van der Waals surface area contributed by atoms with Crippen molar-refractivity contribution in [2.24, 2.45) is 11.3 Å². The van der Waals surface area contributed by atoms with Crippen molar-refractivity contribution in [1.29, 1.82) is 0 Å². The first kappa shape index (κ1) is 15.2. The summed E-state index contributed by atoms with van der Waals surface area (Å²) < 4.78 is 9.59. The zero-order chi connectivity index (χ0) is 14.5. The molecule has 1 saturated carbocycles. The maximum absolute atomic E-state index is 12.0. The van der Waals surface area contributed by atoms with E-state index >= 15 is 0 Å². The molecule has 0 aromatic carbocycles. The third-order valence-electron chi connectivity index (χ3n) is 3.55. The fourth-order valence-corrected chi connectivity index (χ4v) is 2.56. The summed E-state index contributed by atoms with van der Waals surface area (Å²) in [5.74, 6) is -1.04. The van der Waals surface area contributed by atoms with Gasteiger partial charge in [0.2, 0.25) is 0 Å². The molecule has 19 heavy (non-hydrogen) atoms. The monoisotopic (exact) mass is 264 g/mol. The molecule has 0 heterocycles. The Hall–Kier alpha value is -1.84. The normalized spacial score (nSPS) is 23.5. The third-order valence-corrected chi connectivity index (χ3v) is 3.55. The van der Waals surface area contributed by atoms with Crippen molar-refractivity contribution in [3.8, 4) is 0 Å². The molecule has 4 nitrogen and oxygen atoms in total. The number of rotatable bonds is 4. The molecule has 1 fully saturated rings. The van der Waals surface area contributed by atoms with Crippen LogP contribution in [0.5, 0.6) is 0 Å². The highest BCUT2D eigenvalue weighted by Gasteiger charge is 2.54. The lowest BCUT2D eigenvalue weighted by Gasteiger charge is -2.22. The van der Waals surface area contributed by atoms with E-state index in [9.17, 15) is 9.59 Å². The number of carbonyl (C=O) groups is 2. The first-order valence-corrected chi connectivity index (χ1v) is 6.16. The van der Waals surface area contributed by atoms with E-state index in [4.69, 9.17) is 9.47 Å². The molecule has 0 saturated heterocycles. The standard InChI is InChI=1S/C15H20O4/c1-5-7-8-12-10-15(13(16)18-3,14(17)19-4)9-11(12)6-2/h5-8,12H,1,9-10H2,2-4H3/b8-7+,11-6+. The quantitative estimate of drug-likeness (QED) is 0.339. The van der Waals surface area contributed by atoms with Gasteiger partial charge in [0.15, 0.2) is 5.41 Å². The van der Waals surface area contributed by atoms with Crippen LogP contribution in [0.4, 0.5) is 0 Å². The Bertz CT molecular complexity index is 415. The number of esters is 2. The molecular formula is C15H20O4. The molecule has 1 aliphatic rings. The maximum Gasteiger partial charge on any atom is 0.323 e. The summed E-state index contributed by atoms with van der Waals surface area (Å²) >= 11 is 0. The van der Waals surface area contributed by atoms with Crippen LogP contribution in [0.15, 0.2) is 36.5 Å². The van der Waals surface area contributed by atoms with Gasteiger partial charge in [-0.25, -0.2) is 0 Å². The van der Waals surface area contributed by atoms with Gasteiger partial charge in [0.05, 0.1) is 14.2 Å². The van der Waals surface area contributed by atoms with Crippen molar-refractivity contribution in [3.63, 3.8) is 0 Å². The summed E-state index contributed by atoms with van der Waals surface area (Å²) in [5.41, 5.74) is -0.185. The zero-order valence-corrected chi connectivity index (χ0v) is 11.6. The van der Waals surface area contributed by atoms with E-state index in [1.807, 2.05) is 25.2 Å². The summed E-state index contributed by atoms with van der Waals surface area (Å²) in [4.78, 5) is 24.0. The van der Waals surface area contributed by atoms with Gasteiger partial charge < -0.3 is 9.47 Å². The number of methoxy groups -OCH3 is 2. The number of hydrogen-bond acceptors (Lipinski definition) is 4. The topological polar surface area (TPSA) is 52.6 Å². The van der Waals surface area contributed by atoms with E-state index in [-0.39, 0.29) is 5.92 Å². The van der Waals surface area contributed by atoms with Crippen molar-refractivity contribution in [3.05, 3.63) is 36.5 Å². The van der Waals surface area contributed by atoms with Gasteiger partial charge in [0, 0.05) is 0 Å².